The summed E-state index contributed by atoms with van der Waals surface area (Å²) in [4.78, 5) is 18.3. The van der Waals surface area contributed by atoms with Crippen LogP contribution in [0.25, 0.3) is 0 Å². The van der Waals surface area contributed by atoms with Gasteiger partial charge >= 0.3 is 12.0 Å². The van der Waals surface area contributed by atoms with Gasteiger partial charge in [-0.15, -0.1) is 0 Å². The van der Waals surface area contributed by atoms with Crippen LogP contribution < -0.4 is 4.74 Å². The molecule has 0 aliphatic carbocycles. The minimum Gasteiger partial charge on any atom is -0.478 e. The van der Waals surface area contributed by atoms with Crippen molar-refractivity contribution < 1.29 is 19.0 Å². The molecule has 0 radical (unpaired) electrons. The number of ether oxygens (including phenoxy) is 1. The van der Waals surface area contributed by atoms with Crippen molar-refractivity contribution in [3.8, 4) is 11.8 Å². The highest BCUT2D eigenvalue weighted by Crippen LogP contribution is 2.27. The van der Waals surface area contributed by atoms with Crippen LogP contribution in [-0.4, -0.2) is 21.0 Å². The lowest BCUT2D eigenvalue weighted by molar-refractivity contribution is 0.0694. The normalized spacial score (nSPS) is 10.1. The highest BCUT2D eigenvalue weighted by molar-refractivity contribution is 5.91. The zero-order chi connectivity index (χ0) is 13.1. The fourth-order valence-electron chi connectivity index (χ4n) is 1.40. The second-order valence-corrected chi connectivity index (χ2v) is 3.54. The first-order chi connectivity index (χ1) is 8.58. The second kappa shape index (κ2) is 4.79. The molecule has 0 spiro atoms. The molecule has 1 heterocycles. The van der Waals surface area contributed by atoms with E-state index >= 15 is 0 Å². The Balaban J connectivity index is 2.39. The van der Waals surface area contributed by atoms with Gasteiger partial charge in [-0.2, -0.15) is 0 Å². The van der Waals surface area contributed by atoms with E-state index in [1.54, 1.807) is 19.1 Å². The lowest BCUT2D eigenvalue weighted by atomic mass is 10.1. The maximum Gasteiger partial charge on any atom is 0.339 e. The van der Waals surface area contributed by atoms with Gasteiger partial charge in [-0.05, 0) is 18.6 Å². The van der Waals surface area contributed by atoms with Crippen LogP contribution in [0.3, 0.4) is 0 Å². The van der Waals surface area contributed by atoms with Crippen molar-refractivity contribution in [2.24, 2.45) is 0 Å². The van der Waals surface area contributed by atoms with E-state index in [-0.39, 0.29) is 17.3 Å². The zero-order valence-electron chi connectivity index (χ0n) is 9.42. The van der Waals surface area contributed by atoms with E-state index in [2.05, 4.69) is 9.97 Å². The third kappa shape index (κ3) is 2.42. The Labute approximate surface area is 102 Å². The summed E-state index contributed by atoms with van der Waals surface area (Å²) in [6.45, 7) is 1.70. The molecule has 0 amide bonds. The van der Waals surface area contributed by atoms with Gasteiger partial charge < -0.3 is 9.84 Å². The molecule has 18 heavy (non-hydrogen) atoms. The van der Waals surface area contributed by atoms with Gasteiger partial charge in [0.2, 0.25) is 0 Å². The molecule has 0 atom stereocenters. The maximum atomic E-state index is 12.6. The van der Waals surface area contributed by atoms with Crippen molar-refractivity contribution in [1.29, 1.82) is 0 Å². The highest BCUT2D eigenvalue weighted by Gasteiger charge is 2.15. The minimum absolute atomic E-state index is 0.00271. The van der Waals surface area contributed by atoms with Crippen molar-refractivity contribution in [3.05, 3.63) is 47.5 Å². The summed E-state index contributed by atoms with van der Waals surface area (Å²) < 4.78 is 17.9. The van der Waals surface area contributed by atoms with Gasteiger partial charge in [-0.3, -0.25) is 0 Å². The molecular formula is C12H9FN2O3. The van der Waals surface area contributed by atoms with Crippen LogP contribution in [0.4, 0.5) is 4.39 Å². The zero-order valence-corrected chi connectivity index (χ0v) is 9.42. The van der Waals surface area contributed by atoms with E-state index in [9.17, 15) is 9.18 Å². The number of benzene rings is 1. The lowest BCUT2D eigenvalue weighted by Gasteiger charge is -2.09. The summed E-state index contributed by atoms with van der Waals surface area (Å²) >= 11 is 0. The topological polar surface area (TPSA) is 72.3 Å². The summed E-state index contributed by atoms with van der Waals surface area (Å²) in [5, 5.41) is 9.03. The summed E-state index contributed by atoms with van der Waals surface area (Å²) in [7, 11) is 0. The number of nitrogens with zero attached hydrogens (tertiary/aromatic N) is 2. The summed E-state index contributed by atoms with van der Waals surface area (Å²) in [6, 6.07) is 4.62. The molecule has 2 rings (SSSR count). The standard InChI is InChI=1S/C12H9FN2O3/c1-7-3-2-4-9(11(16)17)10(7)18-12-14-5-8(13)6-15-12/h2-6H,1H3,(H,16,17). The van der Waals surface area contributed by atoms with Gasteiger partial charge in [0.1, 0.15) is 11.3 Å². The maximum absolute atomic E-state index is 12.6. The molecule has 1 N–H and O–H groups in total. The van der Waals surface area contributed by atoms with Crippen molar-refractivity contribution in [1.82, 2.24) is 9.97 Å². The van der Waals surface area contributed by atoms with Gasteiger partial charge in [0.25, 0.3) is 0 Å². The van der Waals surface area contributed by atoms with E-state index in [1.807, 2.05) is 0 Å². The Morgan fingerprint density at radius 3 is 2.61 bits per heavy atom. The average Bonchev–Trinajstić information content (AvgIpc) is 2.34. The fraction of sp³-hybridized carbons (Fsp3) is 0.0833. The summed E-state index contributed by atoms with van der Waals surface area (Å²) in [5.74, 6) is -1.56. The Morgan fingerprint density at radius 1 is 1.33 bits per heavy atom. The highest BCUT2D eigenvalue weighted by atomic mass is 19.1. The largest absolute Gasteiger partial charge is 0.478 e. The van der Waals surface area contributed by atoms with E-state index < -0.39 is 11.8 Å². The van der Waals surface area contributed by atoms with Gasteiger partial charge in [0.05, 0.1) is 12.4 Å². The van der Waals surface area contributed by atoms with Crippen molar-refractivity contribution >= 4 is 5.97 Å². The number of carboxylic acid groups (broad SMARTS) is 1. The number of aromatic nitrogens is 2. The Hall–Kier alpha value is -2.50. The van der Waals surface area contributed by atoms with Crippen LogP contribution >= 0.6 is 0 Å². The van der Waals surface area contributed by atoms with Crippen LogP contribution in [0, 0.1) is 12.7 Å². The molecule has 0 fully saturated rings. The van der Waals surface area contributed by atoms with Crippen molar-refractivity contribution in [2.75, 3.05) is 0 Å². The molecule has 0 bridgehead atoms. The quantitative estimate of drug-likeness (QED) is 0.902. The molecule has 0 aliphatic rings. The van der Waals surface area contributed by atoms with Crippen LogP contribution in [0.15, 0.2) is 30.6 Å². The van der Waals surface area contributed by atoms with E-state index in [1.165, 1.54) is 6.07 Å². The molecule has 2 aromatic rings. The number of rotatable bonds is 3. The fourth-order valence-corrected chi connectivity index (χ4v) is 1.40. The molecule has 0 saturated carbocycles. The summed E-state index contributed by atoms with van der Waals surface area (Å²) in [6.07, 6.45) is 1.89. The Morgan fingerprint density at radius 2 is 2.00 bits per heavy atom. The molecule has 6 heteroatoms. The molecule has 1 aromatic heterocycles. The number of carbonyl (C=O) groups is 1. The van der Waals surface area contributed by atoms with Crippen molar-refractivity contribution in [2.45, 2.75) is 6.92 Å². The summed E-state index contributed by atoms with van der Waals surface area (Å²) in [5.41, 5.74) is 0.630. The van der Waals surface area contributed by atoms with Gasteiger partial charge in [-0.25, -0.2) is 19.2 Å². The average molecular weight is 248 g/mol. The molecule has 1 aromatic carbocycles. The lowest BCUT2D eigenvalue weighted by Crippen LogP contribution is -2.03. The number of aryl methyl sites for hydroxylation is 1. The van der Waals surface area contributed by atoms with E-state index in [4.69, 9.17) is 9.84 Å². The third-order valence-corrected chi connectivity index (χ3v) is 2.23. The first-order valence-electron chi connectivity index (χ1n) is 5.06. The molecule has 0 unspecified atom stereocenters. The monoisotopic (exact) mass is 248 g/mol. The van der Waals surface area contributed by atoms with Crippen LogP contribution in [-0.2, 0) is 0 Å². The van der Waals surface area contributed by atoms with Gasteiger partial charge in [0.15, 0.2) is 5.82 Å². The van der Waals surface area contributed by atoms with Gasteiger partial charge in [-0.1, -0.05) is 12.1 Å². The first-order valence-corrected chi connectivity index (χ1v) is 5.06. The van der Waals surface area contributed by atoms with Crippen LogP contribution in [0.1, 0.15) is 15.9 Å². The van der Waals surface area contributed by atoms with Crippen LogP contribution in [0.2, 0.25) is 0 Å². The minimum atomic E-state index is -1.11. The number of hydrogen-bond acceptors (Lipinski definition) is 4. The van der Waals surface area contributed by atoms with Crippen molar-refractivity contribution in [3.63, 3.8) is 0 Å². The molecule has 5 nitrogen and oxygen atoms in total. The number of hydrogen-bond donors (Lipinski definition) is 1. The molecule has 0 aliphatic heterocycles. The molecular weight excluding hydrogens is 239 g/mol. The predicted molar refractivity (Wildman–Crippen MR) is 60.2 cm³/mol. The SMILES string of the molecule is Cc1cccc(C(=O)O)c1Oc1ncc(F)cn1. The van der Waals surface area contributed by atoms with E-state index in [0.717, 1.165) is 12.4 Å². The van der Waals surface area contributed by atoms with Gasteiger partial charge in [0, 0.05) is 0 Å². The first kappa shape index (κ1) is 12.0. The second-order valence-electron chi connectivity index (χ2n) is 3.54. The number of aromatic carboxylic acids is 1. The molecule has 0 saturated heterocycles. The molecule has 92 valence electrons. The number of para-hydroxylation sites is 1. The Bertz CT molecular complexity index is 584. The Kier molecular flexibility index (Phi) is 3.18. The van der Waals surface area contributed by atoms with Crippen LogP contribution in [0.5, 0.6) is 11.8 Å². The number of carboxylic acids is 1. The predicted octanol–water partition coefficient (Wildman–Crippen LogP) is 2.41. The third-order valence-electron chi connectivity index (χ3n) is 2.23. The number of halogens is 1. The smallest absolute Gasteiger partial charge is 0.339 e. The van der Waals surface area contributed by atoms with E-state index in [0.29, 0.717) is 5.56 Å².